The first-order valence-corrected chi connectivity index (χ1v) is 5.47. The molecule has 15 heavy (non-hydrogen) atoms. The van der Waals surface area contributed by atoms with Gasteiger partial charge in [-0.25, -0.2) is 0 Å². The Bertz CT molecular complexity index is 370. The van der Waals surface area contributed by atoms with E-state index in [0.29, 0.717) is 24.7 Å². The van der Waals surface area contributed by atoms with Gasteiger partial charge in [-0.1, -0.05) is 0 Å². The van der Waals surface area contributed by atoms with Crippen LogP contribution in [-0.2, 0) is 0 Å². The Labute approximate surface area is 96.1 Å². The SMILES string of the molecule is N[C@@H](CO)c1cc(Br)c2c(c1)OCCO2. The van der Waals surface area contributed by atoms with E-state index >= 15 is 0 Å². The van der Waals surface area contributed by atoms with Crippen LogP contribution >= 0.6 is 15.9 Å². The lowest BCUT2D eigenvalue weighted by atomic mass is 10.1. The van der Waals surface area contributed by atoms with Crippen molar-refractivity contribution in [2.75, 3.05) is 19.8 Å². The molecule has 5 heteroatoms. The number of ether oxygens (including phenoxy) is 2. The third-order valence-corrected chi connectivity index (χ3v) is 2.83. The summed E-state index contributed by atoms with van der Waals surface area (Å²) in [5, 5.41) is 8.97. The summed E-state index contributed by atoms with van der Waals surface area (Å²) in [5.74, 6) is 1.38. The van der Waals surface area contributed by atoms with Crippen molar-refractivity contribution in [2.45, 2.75) is 6.04 Å². The average Bonchev–Trinajstić information content (AvgIpc) is 2.28. The summed E-state index contributed by atoms with van der Waals surface area (Å²) in [7, 11) is 0. The molecule has 0 amide bonds. The van der Waals surface area contributed by atoms with E-state index in [4.69, 9.17) is 20.3 Å². The maximum absolute atomic E-state index is 8.97. The molecule has 0 aromatic heterocycles. The van der Waals surface area contributed by atoms with Crippen LogP contribution in [-0.4, -0.2) is 24.9 Å². The summed E-state index contributed by atoms with van der Waals surface area (Å²) < 4.78 is 11.7. The third-order valence-electron chi connectivity index (χ3n) is 2.24. The van der Waals surface area contributed by atoms with E-state index < -0.39 is 6.04 Å². The summed E-state index contributed by atoms with van der Waals surface area (Å²) in [5.41, 5.74) is 6.56. The molecule has 1 aliphatic rings. The first-order chi connectivity index (χ1) is 7.22. The second kappa shape index (κ2) is 4.38. The molecule has 0 unspecified atom stereocenters. The number of benzene rings is 1. The first-order valence-electron chi connectivity index (χ1n) is 4.68. The topological polar surface area (TPSA) is 64.7 Å². The summed E-state index contributed by atoms with van der Waals surface area (Å²) in [6.07, 6.45) is 0. The lowest BCUT2D eigenvalue weighted by Gasteiger charge is -2.21. The van der Waals surface area contributed by atoms with Gasteiger partial charge in [0.2, 0.25) is 0 Å². The zero-order valence-corrected chi connectivity index (χ0v) is 9.66. The zero-order chi connectivity index (χ0) is 10.8. The lowest BCUT2D eigenvalue weighted by molar-refractivity contribution is 0.170. The highest BCUT2D eigenvalue weighted by Crippen LogP contribution is 2.39. The zero-order valence-electron chi connectivity index (χ0n) is 8.07. The molecule has 4 nitrogen and oxygen atoms in total. The standard InChI is InChI=1S/C10H12BrNO3/c11-7-3-6(8(12)5-13)4-9-10(7)15-2-1-14-9/h3-4,8,13H,1-2,5,12H2/t8-/m0/s1. The number of aliphatic hydroxyl groups is 1. The Hall–Kier alpha value is -0.780. The fourth-order valence-corrected chi connectivity index (χ4v) is 2.02. The maximum atomic E-state index is 8.97. The van der Waals surface area contributed by atoms with Crippen LogP contribution in [0.15, 0.2) is 16.6 Å². The van der Waals surface area contributed by atoms with Gasteiger partial charge in [0, 0.05) is 0 Å². The Morgan fingerprint density at radius 1 is 1.40 bits per heavy atom. The van der Waals surface area contributed by atoms with Gasteiger partial charge in [-0.15, -0.1) is 0 Å². The number of rotatable bonds is 2. The van der Waals surface area contributed by atoms with Crippen molar-refractivity contribution in [1.82, 2.24) is 0 Å². The predicted molar refractivity (Wildman–Crippen MR) is 59.1 cm³/mol. The van der Waals surface area contributed by atoms with Gasteiger partial charge < -0.3 is 20.3 Å². The smallest absolute Gasteiger partial charge is 0.175 e. The van der Waals surface area contributed by atoms with Gasteiger partial charge in [-0.2, -0.15) is 0 Å². The molecule has 0 radical (unpaired) electrons. The van der Waals surface area contributed by atoms with E-state index in [-0.39, 0.29) is 6.61 Å². The quantitative estimate of drug-likeness (QED) is 0.850. The van der Waals surface area contributed by atoms with Crippen molar-refractivity contribution < 1.29 is 14.6 Å². The van der Waals surface area contributed by atoms with Gasteiger partial charge in [0.15, 0.2) is 11.5 Å². The Morgan fingerprint density at radius 2 is 2.13 bits per heavy atom. The number of halogens is 1. The number of nitrogens with two attached hydrogens (primary N) is 1. The van der Waals surface area contributed by atoms with Crippen molar-refractivity contribution in [3.05, 3.63) is 22.2 Å². The van der Waals surface area contributed by atoms with Gasteiger partial charge in [-0.05, 0) is 33.6 Å². The maximum Gasteiger partial charge on any atom is 0.175 e. The van der Waals surface area contributed by atoms with Crippen LogP contribution in [0.1, 0.15) is 11.6 Å². The predicted octanol–water partition coefficient (Wildman–Crippen LogP) is 1.21. The Morgan fingerprint density at radius 3 is 2.87 bits per heavy atom. The molecule has 0 saturated heterocycles. The molecule has 82 valence electrons. The van der Waals surface area contributed by atoms with Crippen molar-refractivity contribution in [3.8, 4) is 11.5 Å². The number of hydrogen-bond donors (Lipinski definition) is 2. The average molecular weight is 274 g/mol. The molecule has 1 aromatic rings. The fraction of sp³-hybridized carbons (Fsp3) is 0.400. The molecule has 0 spiro atoms. The summed E-state index contributed by atoms with van der Waals surface area (Å²) in [6, 6.07) is 3.26. The fourth-order valence-electron chi connectivity index (χ4n) is 1.45. The van der Waals surface area contributed by atoms with E-state index in [2.05, 4.69) is 15.9 Å². The Balaban J connectivity index is 2.40. The summed E-state index contributed by atoms with van der Waals surface area (Å²) in [6.45, 7) is 1.00. The largest absolute Gasteiger partial charge is 0.486 e. The molecule has 0 bridgehead atoms. The van der Waals surface area contributed by atoms with Crippen LogP contribution in [0, 0.1) is 0 Å². The van der Waals surface area contributed by atoms with Gasteiger partial charge in [0.05, 0.1) is 17.1 Å². The van der Waals surface area contributed by atoms with E-state index in [1.165, 1.54) is 0 Å². The van der Waals surface area contributed by atoms with Gasteiger partial charge in [-0.3, -0.25) is 0 Å². The van der Waals surface area contributed by atoms with Crippen molar-refractivity contribution in [2.24, 2.45) is 5.73 Å². The van der Waals surface area contributed by atoms with Gasteiger partial charge in [0.1, 0.15) is 13.2 Å². The minimum atomic E-state index is -0.392. The van der Waals surface area contributed by atoms with Crippen LogP contribution < -0.4 is 15.2 Å². The Kier molecular flexibility index (Phi) is 3.14. The minimum Gasteiger partial charge on any atom is -0.486 e. The molecule has 0 fully saturated rings. The van der Waals surface area contributed by atoms with E-state index in [1.807, 2.05) is 6.07 Å². The molecule has 1 heterocycles. The molecule has 1 atom stereocenters. The van der Waals surface area contributed by atoms with Crippen molar-refractivity contribution in [1.29, 1.82) is 0 Å². The van der Waals surface area contributed by atoms with E-state index in [9.17, 15) is 0 Å². The number of aliphatic hydroxyl groups excluding tert-OH is 1. The second-order valence-corrected chi connectivity index (χ2v) is 4.17. The first kappa shape index (κ1) is 10.7. The highest BCUT2D eigenvalue weighted by atomic mass is 79.9. The summed E-state index contributed by atoms with van der Waals surface area (Å²) in [4.78, 5) is 0. The van der Waals surface area contributed by atoms with E-state index in [1.54, 1.807) is 6.07 Å². The van der Waals surface area contributed by atoms with Crippen LogP contribution in [0.2, 0.25) is 0 Å². The molecule has 0 aliphatic carbocycles. The number of hydrogen-bond acceptors (Lipinski definition) is 4. The van der Waals surface area contributed by atoms with Crippen LogP contribution in [0.4, 0.5) is 0 Å². The second-order valence-electron chi connectivity index (χ2n) is 3.32. The molecular weight excluding hydrogens is 262 g/mol. The van der Waals surface area contributed by atoms with Gasteiger partial charge in [0.25, 0.3) is 0 Å². The molecule has 1 aromatic carbocycles. The molecule has 2 rings (SSSR count). The van der Waals surface area contributed by atoms with E-state index in [0.717, 1.165) is 10.0 Å². The van der Waals surface area contributed by atoms with Crippen LogP contribution in [0.25, 0.3) is 0 Å². The van der Waals surface area contributed by atoms with Crippen molar-refractivity contribution >= 4 is 15.9 Å². The van der Waals surface area contributed by atoms with Crippen molar-refractivity contribution in [3.63, 3.8) is 0 Å². The minimum absolute atomic E-state index is 0.0912. The highest BCUT2D eigenvalue weighted by molar-refractivity contribution is 9.10. The lowest BCUT2D eigenvalue weighted by Crippen LogP contribution is -2.18. The molecule has 0 saturated carbocycles. The monoisotopic (exact) mass is 273 g/mol. The summed E-state index contributed by atoms with van der Waals surface area (Å²) >= 11 is 3.39. The molecule has 3 N–H and O–H groups in total. The van der Waals surface area contributed by atoms with Crippen LogP contribution in [0.5, 0.6) is 11.5 Å². The van der Waals surface area contributed by atoms with Crippen LogP contribution in [0.3, 0.4) is 0 Å². The molecular formula is C10H12BrNO3. The third kappa shape index (κ3) is 2.09. The van der Waals surface area contributed by atoms with Gasteiger partial charge >= 0.3 is 0 Å². The highest BCUT2D eigenvalue weighted by Gasteiger charge is 2.18. The normalized spacial score (nSPS) is 16.2. The number of fused-ring (bicyclic) bond motifs is 1. The molecule has 1 aliphatic heterocycles.